The van der Waals surface area contributed by atoms with Gasteiger partial charge in [-0.1, -0.05) is 84.4 Å². The zero-order chi connectivity index (χ0) is 36.5. The monoisotopic (exact) mass is 759 g/mol. The summed E-state index contributed by atoms with van der Waals surface area (Å²) < 4.78 is 107. The Morgan fingerprint density at radius 2 is 1.56 bits per heavy atom. The molecule has 0 spiro atoms. The second kappa shape index (κ2) is 17.3. The number of hydrogen-bond acceptors (Lipinski definition) is 7. The molecule has 0 aliphatic rings. The molecule has 4 rings (SSSR count). The van der Waals surface area contributed by atoms with E-state index < -0.39 is 58.5 Å². The van der Waals surface area contributed by atoms with Crippen molar-refractivity contribution >= 4 is 29.3 Å². The van der Waals surface area contributed by atoms with Gasteiger partial charge in [0.2, 0.25) is 0 Å². The van der Waals surface area contributed by atoms with Gasteiger partial charge in [0.05, 0.1) is 28.7 Å². The van der Waals surface area contributed by atoms with Gasteiger partial charge >= 0.3 is 14.0 Å². The van der Waals surface area contributed by atoms with Crippen molar-refractivity contribution in [1.29, 1.82) is 0 Å². The predicted octanol–water partition coefficient (Wildman–Crippen LogP) is 7.59. The SMILES string of the molecule is CS(=O)(=O)c1cc(OCCCN(Cc2cccc(C(F)(F)F)c2Cl)CC(c2ccccc2)c2ccccc2)cc(F)c1COCOP(=O)(O)O. The van der Waals surface area contributed by atoms with Crippen molar-refractivity contribution in [2.75, 3.05) is 32.7 Å². The molecule has 0 aliphatic carbocycles. The van der Waals surface area contributed by atoms with Crippen LogP contribution in [0.3, 0.4) is 0 Å². The third-order valence-corrected chi connectivity index (χ3v) is 9.64. The number of alkyl halides is 3. The topological polar surface area (TPSA) is 123 Å². The molecule has 50 heavy (non-hydrogen) atoms. The first-order valence-electron chi connectivity index (χ1n) is 15.1. The van der Waals surface area contributed by atoms with E-state index in [9.17, 15) is 26.2 Å². The van der Waals surface area contributed by atoms with Gasteiger partial charge in [-0.3, -0.25) is 9.42 Å². The quantitative estimate of drug-likeness (QED) is 0.0486. The van der Waals surface area contributed by atoms with Crippen LogP contribution >= 0.6 is 19.4 Å². The summed E-state index contributed by atoms with van der Waals surface area (Å²) >= 11 is 6.28. The molecule has 16 heteroatoms. The highest BCUT2D eigenvalue weighted by molar-refractivity contribution is 7.90. The molecule has 9 nitrogen and oxygen atoms in total. The first kappa shape index (κ1) is 39.5. The van der Waals surface area contributed by atoms with Gasteiger partial charge in [0.25, 0.3) is 0 Å². The molecule has 0 heterocycles. The third kappa shape index (κ3) is 11.6. The van der Waals surface area contributed by atoms with Crippen LogP contribution in [-0.4, -0.2) is 55.8 Å². The summed E-state index contributed by atoms with van der Waals surface area (Å²) in [4.78, 5) is 19.1. The Labute approximate surface area is 292 Å². The van der Waals surface area contributed by atoms with E-state index >= 15 is 4.39 Å². The summed E-state index contributed by atoms with van der Waals surface area (Å²) in [6.07, 6.45) is -3.47. The molecular formula is C34H35ClF4NO8PS. The summed E-state index contributed by atoms with van der Waals surface area (Å²) in [7, 11) is -8.86. The Bertz CT molecular complexity index is 1840. The molecule has 0 aromatic heterocycles. The van der Waals surface area contributed by atoms with Crippen LogP contribution in [0.15, 0.2) is 95.9 Å². The Balaban J connectivity index is 1.54. The number of phosphoric ester groups is 1. The van der Waals surface area contributed by atoms with Crippen LogP contribution < -0.4 is 4.74 Å². The Morgan fingerprint density at radius 1 is 0.940 bits per heavy atom. The second-order valence-corrected chi connectivity index (χ2v) is 14.9. The average molecular weight is 760 g/mol. The number of hydrogen-bond donors (Lipinski definition) is 2. The summed E-state index contributed by atoms with van der Waals surface area (Å²) in [6.45, 7) is -0.799. The minimum Gasteiger partial charge on any atom is -0.493 e. The minimum atomic E-state index is -4.86. The Hall–Kier alpha value is -3.33. The van der Waals surface area contributed by atoms with Crippen LogP contribution in [-0.2, 0) is 43.0 Å². The van der Waals surface area contributed by atoms with E-state index in [-0.39, 0.29) is 35.9 Å². The van der Waals surface area contributed by atoms with Crippen LogP contribution in [0.5, 0.6) is 5.75 Å². The first-order chi connectivity index (χ1) is 23.5. The van der Waals surface area contributed by atoms with Crippen LogP contribution in [0.2, 0.25) is 5.02 Å². The highest BCUT2D eigenvalue weighted by Gasteiger charge is 2.34. The lowest BCUT2D eigenvalue weighted by atomic mass is 9.90. The van der Waals surface area contributed by atoms with E-state index in [0.29, 0.717) is 19.5 Å². The molecule has 270 valence electrons. The maximum absolute atomic E-state index is 15.1. The van der Waals surface area contributed by atoms with Crippen molar-refractivity contribution in [2.45, 2.75) is 36.6 Å². The molecule has 0 unspecified atom stereocenters. The molecule has 0 radical (unpaired) electrons. The van der Waals surface area contributed by atoms with E-state index in [0.717, 1.165) is 35.6 Å². The lowest BCUT2D eigenvalue weighted by Gasteiger charge is -2.29. The summed E-state index contributed by atoms with van der Waals surface area (Å²) in [6, 6.07) is 25.2. The molecule has 4 aromatic carbocycles. The first-order valence-corrected chi connectivity index (χ1v) is 18.9. The van der Waals surface area contributed by atoms with Crippen molar-refractivity contribution in [3.05, 3.63) is 130 Å². The molecule has 0 atom stereocenters. The van der Waals surface area contributed by atoms with Crippen molar-refractivity contribution < 1.29 is 54.3 Å². The molecule has 0 aliphatic heterocycles. The van der Waals surface area contributed by atoms with E-state index in [1.54, 1.807) is 6.07 Å². The van der Waals surface area contributed by atoms with E-state index in [1.807, 2.05) is 65.6 Å². The standard InChI is InChI=1S/C34H35ClF4NO8PS/c1-50(44,45)32-19-27(18-31(36)29(32)22-46-23-48-49(41,42)43)47-17-9-16-40(20-26-14-8-15-30(33(26)35)34(37,38)39)21-28(24-10-4-2-5-11-24)25-12-6-3-7-13-25/h2-8,10-15,18-19,28H,9,16-17,20-23H2,1H3,(H2,41,42,43). The molecular weight excluding hydrogens is 725 g/mol. The number of rotatable bonds is 17. The van der Waals surface area contributed by atoms with E-state index in [4.69, 9.17) is 30.9 Å². The fourth-order valence-electron chi connectivity index (χ4n) is 5.30. The van der Waals surface area contributed by atoms with Crippen molar-refractivity contribution in [2.24, 2.45) is 0 Å². The maximum atomic E-state index is 15.1. The van der Waals surface area contributed by atoms with Gasteiger partial charge in [-0.05, 0) is 35.2 Å². The number of nitrogens with zero attached hydrogens (tertiary/aromatic N) is 1. The molecule has 0 fully saturated rings. The lowest BCUT2D eigenvalue weighted by molar-refractivity contribution is -0.137. The van der Waals surface area contributed by atoms with Gasteiger partial charge in [-0.25, -0.2) is 17.4 Å². The summed E-state index contributed by atoms with van der Waals surface area (Å²) in [5.74, 6) is -1.25. The number of sulfone groups is 1. The Morgan fingerprint density at radius 3 is 2.12 bits per heavy atom. The molecule has 0 saturated heterocycles. The number of halogens is 5. The predicted molar refractivity (Wildman–Crippen MR) is 179 cm³/mol. The number of ether oxygens (including phenoxy) is 2. The average Bonchev–Trinajstić information content (AvgIpc) is 3.04. The van der Waals surface area contributed by atoms with Crippen LogP contribution in [0.4, 0.5) is 17.6 Å². The fourth-order valence-corrected chi connectivity index (χ4v) is 6.74. The van der Waals surface area contributed by atoms with Gasteiger partial charge in [0.1, 0.15) is 11.6 Å². The minimum absolute atomic E-state index is 0.0111. The van der Waals surface area contributed by atoms with Gasteiger partial charge in [0.15, 0.2) is 16.6 Å². The molecule has 4 aromatic rings. The van der Waals surface area contributed by atoms with E-state index in [2.05, 4.69) is 4.52 Å². The maximum Gasteiger partial charge on any atom is 0.471 e. The molecule has 2 N–H and O–H groups in total. The third-order valence-electron chi connectivity index (χ3n) is 7.59. The fraction of sp³-hybridized carbons (Fsp3) is 0.294. The van der Waals surface area contributed by atoms with Crippen LogP contribution in [0.1, 0.15) is 40.2 Å². The second-order valence-electron chi connectivity index (χ2n) is 11.3. The zero-order valence-corrected chi connectivity index (χ0v) is 29.2. The van der Waals surface area contributed by atoms with Gasteiger partial charge in [-0.15, -0.1) is 0 Å². The lowest BCUT2D eigenvalue weighted by Crippen LogP contribution is -2.31. The van der Waals surface area contributed by atoms with Crippen molar-refractivity contribution in [3.63, 3.8) is 0 Å². The number of phosphoric acid groups is 1. The molecule has 0 bridgehead atoms. The van der Waals surface area contributed by atoms with Crippen LogP contribution in [0, 0.1) is 5.82 Å². The molecule has 0 saturated carbocycles. The number of benzene rings is 4. The highest BCUT2D eigenvalue weighted by Crippen LogP contribution is 2.38. The highest BCUT2D eigenvalue weighted by atomic mass is 35.5. The van der Waals surface area contributed by atoms with Crippen molar-refractivity contribution in [1.82, 2.24) is 4.90 Å². The smallest absolute Gasteiger partial charge is 0.471 e. The Kier molecular flexibility index (Phi) is 13.6. The van der Waals surface area contributed by atoms with Gasteiger partial charge in [0, 0.05) is 43.4 Å². The largest absolute Gasteiger partial charge is 0.493 e. The van der Waals surface area contributed by atoms with Crippen LogP contribution in [0.25, 0.3) is 0 Å². The molecule has 0 amide bonds. The summed E-state index contributed by atoms with van der Waals surface area (Å²) in [5.41, 5.74) is 0.958. The van der Waals surface area contributed by atoms with Crippen molar-refractivity contribution in [3.8, 4) is 5.75 Å². The van der Waals surface area contributed by atoms with E-state index in [1.165, 1.54) is 6.07 Å². The van der Waals surface area contributed by atoms with Gasteiger partial charge < -0.3 is 19.3 Å². The van der Waals surface area contributed by atoms with Gasteiger partial charge in [-0.2, -0.15) is 13.2 Å². The zero-order valence-electron chi connectivity index (χ0n) is 26.7. The summed E-state index contributed by atoms with van der Waals surface area (Å²) in [5, 5.41) is -0.390. The normalized spacial score (nSPS) is 12.5.